The van der Waals surface area contributed by atoms with Gasteiger partial charge in [0, 0.05) is 12.7 Å². The summed E-state index contributed by atoms with van der Waals surface area (Å²) in [5, 5.41) is 8.84. The van der Waals surface area contributed by atoms with Gasteiger partial charge in [-0.25, -0.2) is 0 Å². The molecular formula is C14H17NO3. The molecule has 0 N–H and O–H groups in total. The molecule has 0 fully saturated rings. The largest absolute Gasteiger partial charge is 0.491 e. The molecule has 0 atom stereocenters. The van der Waals surface area contributed by atoms with E-state index >= 15 is 0 Å². The molecular weight excluding hydrogens is 230 g/mol. The lowest BCUT2D eigenvalue weighted by Crippen LogP contribution is -2.10. The van der Waals surface area contributed by atoms with Crippen molar-refractivity contribution in [3.8, 4) is 11.8 Å². The SMILES string of the molecule is C=C(C#N)c1ccccc1OCCOCCOC. The zero-order valence-corrected chi connectivity index (χ0v) is 10.5. The van der Waals surface area contributed by atoms with Gasteiger partial charge in [-0.15, -0.1) is 0 Å². The highest BCUT2D eigenvalue weighted by Gasteiger charge is 2.05. The lowest BCUT2D eigenvalue weighted by Gasteiger charge is -2.10. The number of ether oxygens (including phenoxy) is 3. The van der Waals surface area contributed by atoms with Gasteiger partial charge >= 0.3 is 0 Å². The van der Waals surface area contributed by atoms with Crippen molar-refractivity contribution in [1.82, 2.24) is 0 Å². The first-order chi connectivity index (χ1) is 8.79. The first-order valence-corrected chi connectivity index (χ1v) is 5.67. The van der Waals surface area contributed by atoms with E-state index in [1.807, 2.05) is 30.3 Å². The van der Waals surface area contributed by atoms with Gasteiger partial charge in [0.05, 0.1) is 31.5 Å². The summed E-state index contributed by atoms with van der Waals surface area (Å²) >= 11 is 0. The van der Waals surface area contributed by atoms with Crippen molar-refractivity contribution in [2.24, 2.45) is 0 Å². The van der Waals surface area contributed by atoms with Gasteiger partial charge in [-0.3, -0.25) is 0 Å². The third kappa shape index (κ3) is 4.58. The highest BCUT2D eigenvalue weighted by molar-refractivity contribution is 5.78. The van der Waals surface area contributed by atoms with Crippen molar-refractivity contribution in [1.29, 1.82) is 5.26 Å². The van der Waals surface area contributed by atoms with Gasteiger partial charge in [-0.1, -0.05) is 18.7 Å². The van der Waals surface area contributed by atoms with Crippen LogP contribution in [0.15, 0.2) is 30.8 Å². The van der Waals surface area contributed by atoms with E-state index in [1.165, 1.54) is 0 Å². The first-order valence-electron chi connectivity index (χ1n) is 5.67. The quantitative estimate of drug-likeness (QED) is 0.522. The lowest BCUT2D eigenvalue weighted by molar-refractivity contribution is 0.0544. The zero-order chi connectivity index (χ0) is 13.2. The smallest absolute Gasteiger partial charge is 0.127 e. The van der Waals surface area contributed by atoms with E-state index in [2.05, 4.69) is 6.58 Å². The number of methoxy groups -OCH3 is 1. The predicted octanol–water partition coefficient (Wildman–Crippen LogP) is 2.27. The highest BCUT2D eigenvalue weighted by atomic mass is 16.5. The molecule has 0 saturated heterocycles. The molecule has 0 heterocycles. The van der Waals surface area contributed by atoms with Crippen LogP contribution in [0.1, 0.15) is 5.56 Å². The van der Waals surface area contributed by atoms with Crippen LogP contribution >= 0.6 is 0 Å². The summed E-state index contributed by atoms with van der Waals surface area (Å²) in [5.41, 5.74) is 1.11. The normalized spacial score (nSPS) is 9.78. The number of nitriles is 1. The minimum absolute atomic E-state index is 0.394. The highest BCUT2D eigenvalue weighted by Crippen LogP contribution is 2.24. The average molecular weight is 247 g/mol. The van der Waals surface area contributed by atoms with Crippen LogP contribution in [-0.2, 0) is 9.47 Å². The van der Waals surface area contributed by atoms with Gasteiger partial charge < -0.3 is 14.2 Å². The van der Waals surface area contributed by atoms with Crippen LogP contribution in [0.5, 0.6) is 5.75 Å². The monoisotopic (exact) mass is 247 g/mol. The molecule has 0 amide bonds. The molecule has 0 radical (unpaired) electrons. The van der Waals surface area contributed by atoms with Gasteiger partial charge in [-0.2, -0.15) is 5.26 Å². The second-order valence-electron chi connectivity index (χ2n) is 3.54. The molecule has 0 bridgehead atoms. The van der Waals surface area contributed by atoms with Gasteiger partial charge in [0.1, 0.15) is 12.4 Å². The van der Waals surface area contributed by atoms with Crippen molar-refractivity contribution in [2.45, 2.75) is 0 Å². The zero-order valence-electron chi connectivity index (χ0n) is 10.5. The summed E-state index contributed by atoms with van der Waals surface area (Å²) in [5.74, 6) is 0.652. The molecule has 0 aromatic heterocycles. The molecule has 18 heavy (non-hydrogen) atoms. The number of benzene rings is 1. The Kier molecular flexibility index (Phi) is 6.55. The Labute approximate surface area is 107 Å². The van der Waals surface area contributed by atoms with E-state index in [4.69, 9.17) is 19.5 Å². The summed E-state index contributed by atoms with van der Waals surface area (Å²) in [4.78, 5) is 0. The number of allylic oxidation sites excluding steroid dienone is 1. The molecule has 1 rings (SSSR count). The molecule has 0 unspecified atom stereocenters. The Morgan fingerprint density at radius 3 is 2.67 bits per heavy atom. The van der Waals surface area contributed by atoms with Crippen LogP contribution in [0.25, 0.3) is 5.57 Å². The van der Waals surface area contributed by atoms with Gasteiger partial charge in [-0.05, 0) is 12.1 Å². The molecule has 4 nitrogen and oxygen atoms in total. The number of nitrogens with zero attached hydrogens (tertiary/aromatic N) is 1. The van der Waals surface area contributed by atoms with Gasteiger partial charge in [0.15, 0.2) is 0 Å². The molecule has 1 aromatic rings. The molecule has 0 saturated carbocycles. The van der Waals surface area contributed by atoms with Crippen molar-refractivity contribution in [3.05, 3.63) is 36.4 Å². The third-order valence-electron chi connectivity index (χ3n) is 2.26. The summed E-state index contributed by atoms with van der Waals surface area (Å²) < 4.78 is 15.7. The number of para-hydroxylation sites is 1. The van der Waals surface area contributed by atoms with E-state index in [9.17, 15) is 0 Å². The Balaban J connectivity index is 2.43. The average Bonchev–Trinajstić information content (AvgIpc) is 2.42. The van der Waals surface area contributed by atoms with E-state index in [-0.39, 0.29) is 0 Å². The molecule has 0 aliphatic heterocycles. The molecule has 96 valence electrons. The maximum Gasteiger partial charge on any atom is 0.127 e. The maximum absolute atomic E-state index is 8.84. The van der Waals surface area contributed by atoms with E-state index in [0.717, 1.165) is 5.56 Å². The Hall–Kier alpha value is -1.83. The number of hydrogen-bond acceptors (Lipinski definition) is 4. The summed E-state index contributed by atoms with van der Waals surface area (Å²) in [6.07, 6.45) is 0. The number of hydrogen-bond donors (Lipinski definition) is 0. The summed E-state index contributed by atoms with van der Waals surface area (Å²) in [6.45, 7) is 5.72. The van der Waals surface area contributed by atoms with Crippen LogP contribution in [0.2, 0.25) is 0 Å². The van der Waals surface area contributed by atoms with Crippen molar-refractivity contribution >= 4 is 5.57 Å². The fraction of sp³-hybridized carbons (Fsp3) is 0.357. The van der Waals surface area contributed by atoms with Crippen molar-refractivity contribution < 1.29 is 14.2 Å². The summed E-state index contributed by atoms with van der Waals surface area (Å²) in [7, 11) is 1.63. The van der Waals surface area contributed by atoms with Crippen LogP contribution < -0.4 is 4.74 Å². The van der Waals surface area contributed by atoms with Crippen LogP contribution in [0.4, 0.5) is 0 Å². The van der Waals surface area contributed by atoms with E-state index < -0.39 is 0 Å². The topological polar surface area (TPSA) is 51.5 Å². The van der Waals surface area contributed by atoms with E-state index in [1.54, 1.807) is 7.11 Å². The standard InChI is InChI=1S/C14H17NO3/c1-12(11-15)13-5-3-4-6-14(13)18-10-9-17-8-7-16-2/h3-6H,1,7-10H2,2H3. The van der Waals surface area contributed by atoms with Crippen molar-refractivity contribution in [2.75, 3.05) is 33.5 Å². The second-order valence-corrected chi connectivity index (χ2v) is 3.54. The van der Waals surface area contributed by atoms with Crippen LogP contribution in [-0.4, -0.2) is 33.5 Å². The first kappa shape index (κ1) is 14.2. The third-order valence-corrected chi connectivity index (χ3v) is 2.26. The number of rotatable bonds is 8. The second kappa shape index (κ2) is 8.29. The minimum atomic E-state index is 0.394. The van der Waals surface area contributed by atoms with E-state index in [0.29, 0.717) is 37.8 Å². The molecule has 1 aromatic carbocycles. The molecule has 0 aliphatic rings. The fourth-order valence-electron chi connectivity index (χ4n) is 1.36. The molecule has 4 heteroatoms. The minimum Gasteiger partial charge on any atom is -0.491 e. The predicted molar refractivity (Wildman–Crippen MR) is 69.3 cm³/mol. The van der Waals surface area contributed by atoms with Crippen LogP contribution in [0.3, 0.4) is 0 Å². The Morgan fingerprint density at radius 2 is 1.94 bits per heavy atom. The Morgan fingerprint density at radius 1 is 1.22 bits per heavy atom. The Bertz CT molecular complexity index is 423. The molecule has 0 spiro atoms. The summed E-state index contributed by atoms with van der Waals surface area (Å²) in [6, 6.07) is 9.35. The maximum atomic E-state index is 8.84. The van der Waals surface area contributed by atoms with Crippen molar-refractivity contribution in [3.63, 3.8) is 0 Å². The van der Waals surface area contributed by atoms with Crippen LogP contribution in [0, 0.1) is 11.3 Å². The lowest BCUT2D eigenvalue weighted by atomic mass is 10.1. The van der Waals surface area contributed by atoms with Gasteiger partial charge in [0.2, 0.25) is 0 Å². The van der Waals surface area contributed by atoms with Gasteiger partial charge in [0.25, 0.3) is 0 Å². The fourth-order valence-corrected chi connectivity index (χ4v) is 1.36. The molecule has 0 aliphatic carbocycles.